The highest BCUT2D eigenvalue weighted by Crippen LogP contribution is 2.20. The maximum absolute atomic E-state index is 12.5. The lowest BCUT2D eigenvalue weighted by Gasteiger charge is -2.05. The molecular formula is C5H10BFO2. The lowest BCUT2D eigenvalue weighted by Crippen LogP contribution is -2.17. The number of alkyl halides is 1. The fourth-order valence-corrected chi connectivity index (χ4v) is 1.00. The van der Waals surface area contributed by atoms with E-state index in [2.05, 4.69) is 0 Å². The smallest absolute Gasteiger partial charge is 0.143 e. The summed E-state index contributed by atoms with van der Waals surface area (Å²) in [6.07, 6.45) is -0.811. The third-order valence-electron chi connectivity index (χ3n) is 1.61. The van der Waals surface area contributed by atoms with Gasteiger partial charge in [0.1, 0.15) is 14.0 Å². The number of aliphatic hydroxyl groups excluding tert-OH is 1. The largest absolute Gasteiger partial charge is 0.394 e. The Hall–Kier alpha value is -0.0851. The molecule has 1 N–H and O–H groups in total. The summed E-state index contributed by atoms with van der Waals surface area (Å²) < 4.78 is 17.5. The molecule has 0 aromatic heterocycles. The number of halogens is 1. The summed E-state index contributed by atoms with van der Waals surface area (Å²) in [4.78, 5) is 0. The molecule has 0 aromatic rings. The molecule has 0 amide bonds. The first-order valence-electron chi connectivity index (χ1n) is 3.14. The molecular weight excluding hydrogens is 122 g/mol. The molecule has 0 radical (unpaired) electrons. The van der Waals surface area contributed by atoms with Crippen LogP contribution < -0.4 is 0 Å². The second kappa shape index (κ2) is 2.67. The van der Waals surface area contributed by atoms with E-state index in [4.69, 9.17) is 9.84 Å². The SMILES string of the molecule is B[C@@H]1O[C@H](CO)C[C@@H]1F. The van der Waals surface area contributed by atoms with E-state index in [1.807, 2.05) is 0 Å². The van der Waals surface area contributed by atoms with Gasteiger partial charge in [-0.3, -0.25) is 0 Å². The van der Waals surface area contributed by atoms with Crippen molar-refractivity contribution in [1.29, 1.82) is 0 Å². The van der Waals surface area contributed by atoms with Crippen LogP contribution in [0, 0.1) is 0 Å². The summed E-state index contributed by atoms with van der Waals surface area (Å²) in [5.74, 6) is 0. The van der Waals surface area contributed by atoms with Crippen LogP contribution >= 0.6 is 0 Å². The molecule has 0 spiro atoms. The van der Waals surface area contributed by atoms with Crippen molar-refractivity contribution < 1.29 is 14.2 Å². The van der Waals surface area contributed by atoms with Gasteiger partial charge < -0.3 is 9.84 Å². The van der Waals surface area contributed by atoms with Gasteiger partial charge in [-0.25, -0.2) is 4.39 Å². The highest BCUT2D eigenvalue weighted by molar-refractivity contribution is 6.11. The van der Waals surface area contributed by atoms with Crippen molar-refractivity contribution in [2.24, 2.45) is 0 Å². The van der Waals surface area contributed by atoms with Gasteiger partial charge in [-0.2, -0.15) is 0 Å². The van der Waals surface area contributed by atoms with Crippen molar-refractivity contribution in [1.82, 2.24) is 0 Å². The van der Waals surface area contributed by atoms with Crippen molar-refractivity contribution in [2.45, 2.75) is 24.7 Å². The van der Waals surface area contributed by atoms with Gasteiger partial charge in [-0.15, -0.1) is 0 Å². The van der Waals surface area contributed by atoms with E-state index in [1.54, 1.807) is 7.85 Å². The van der Waals surface area contributed by atoms with Crippen molar-refractivity contribution in [3.63, 3.8) is 0 Å². The van der Waals surface area contributed by atoms with E-state index < -0.39 is 6.17 Å². The fourth-order valence-electron chi connectivity index (χ4n) is 1.00. The first-order valence-corrected chi connectivity index (χ1v) is 3.14. The Labute approximate surface area is 54.4 Å². The zero-order valence-electron chi connectivity index (χ0n) is 5.38. The van der Waals surface area contributed by atoms with Crippen LogP contribution in [-0.4, -0.2) is 37.8 Å². The summed E-state index contributed by atoms with van der Waals surface area (Å²) in [5, 5.41) is 8.51. The summed E-state index contributed by atoms with van der Waals surface area (Å²) >= 11 is 0. The minimum absolute atomic E-state index is 0.0647. The molecule has 9 heavy (non-hydrogen) atoms. The van der Waals surface area contributed by atoms with Crippen LogP contribution in [0.2, 0.25) is 0 Å². The molecule has 0 aromatic carbocycles. The Balaban J connectivity index is 2.35. The second-order valence-corrected chi connectivity index (χ2v) is 2.40. The first kappa shape index (κ1) is 7.03. The van der Waals surface area contributed by atoms with Gasteiger partial charge in [0, 0.05) is 6.42 Å². The molecule has 4 heteroatoms. The fraction of sp³-hybridized carbons (Fsp3) is 1.00. The molecule has 52 valence electrons. The average molecular weight is 132 g/mol. The Morgan fingerprint density at radius 3 is 2.67 bits per heavy atom. The van der Waals surface area contributed by atoms with Crippen LogP contribution in [0.3, 0.4) is 0 Å². The average Bonchev–Trinajstić information content (AvgIpc) is 2.13. The molecule has 1 heterocycles. The molecule has 1 aliphatic heterocycles. The summed E-state index contributed by atoms with van der Waals surface area (Å²) in [5.41, 5.74) is 0. The Kier molecular flexibility index (Phi) is 2.08. The molecule has 1 saturated heterocycles. The topological polar surface area (TPSA) is 29.5 Å². The zero-order valence-corrected chi connectivity index (χ0v) is 5.38. The minimum Gasteiger partial charge on any atom is -0.394 e. The predicted octanol–water partition coefficient (Wildman–Crippen LogP) is -0.935. The molecule has 2 nitrogen and oxygen atoms in total. The molecule has 0 unspecified atom stereocenters. The number of ether oxygens (including phenoxy) is 1. The maximum Gasteiger partial charge on any atom is 0.143 e. The number of hydrogen-bond acceptors (Lipinski definition) is 2. The Bertz CT molecular complexity index is 91.0. The van der Waals surface area contributed by atoms with Gasteiger partial charge >= 0.3 is 0 Å². The van der Waals surface area contributed by atoms with E-state index in [0.717, 1.165) is 0 Å². The van der Waals surface area contributed by atoms with Crippen molar-refractivity contribution in [3.8, 4) is 0 Å². The van der Waals surface area contributed by atoms with Crippen LogP contribution in [0.5, 0.6) is 0 Å². The van der Waals surface area contributed by atoms with Crippen molar-refractivity contribution >= 4 is 7.85 Å². The quantitative estimate of drug-likeness (QED) is 0.467. The van der Waals surface area contributed by atoms with Crippen LogP contribution in [0.1, 0.15) is 6.42 Å². The molecule has 3 atom stereocenters. The second-order valence-electron chi connectivity index (χ2n) is 2.40. The summed E-state index contributed by atoms with van der Waals surface area (Å²) in [6, 6.07) is -0.331. The van der Waals surface area contributed by atoms with Gasteiger partial charge in [0.2, 0.25) is 0 Å². The Morgan fingerprint density at radius 2 is 2.44 bits per heavy atom. The van der Waals surface area contributed by atoms with Gasteiger partial charge in [-0.05, 0) is 0 Å². The third kappa shape index (κ3) is 1.43. The van der Waals surface area contributed by atoms with Gasteiger partial charge in [0.15, 0.2) is 0 Å². The Morgan fingerprint density at radius 1 is 1.78 bits per heavy atom. The highest BCUT2D eigenvalue weighted by Gasteiger charge is 2.30. The van der Waals surface area contributed by atoms with Gasteiger partial charge in [0.05, 0.1) is 18.7 Å². The van der Waals surface area contributed by atoms with Gasteiger partial charge in [-0.1, -0.05) is 0 Å². The minimum atomic E-state index is -0.887. The lowest BCUT2D eigenvalue weighted by atomic mass is 9.96. The molecule has 1 fully saturated rings. The van der Waals surface area contributed by atoms with Crippen molar-refractivity contribution in [2.75, 3.05) is 6.61 Å². The normalized spacial score (nSPS) is 43.6. The molecule has 1 aliphatic rings. The number of hydrogen-bond donors (Lipinski definition) is 1. The highest BCUT2D eigenvalue weighted by atomic mass is 19.1. The van der Waals surface area contributed by atoms with Crippen molar-refractivity contribution in [3.05, 3.63) is 0 Å². The summed E-state index contributed by atoms with van der Waals surface area (Å²) in [6.45, 7) is -0.0647. The van der Waals surface area contributed by atoms with Crippen LogP contribution in [0.15, 0.2) is 0 Å². The van der Waals surface area contributed by atoms with E-state index in [0.29, 0.717) is 6.42 Å². The van der Waals surface area contributed by atoms with Crippen LogP contribution in [0.4, 0.5) is 4.39 Å². The standard InChI is InChI=1S/C5H10BFO2/c6-5-4(7)1-3(2-8)9-5/h3-5,8H,1-2,6H2/t3-,4-,5+/m0/s1. The predicted molar refractivity (Wildman–Crippen MR) is 33.8 cm³/mol. The number of aliphatic hydroxyl groups is 1. The molecule has 0 bridgehead atoms. The first-order chi connectivity index (χ1) is 4.24. The lowest BCUT2D eigenvalue weighted by molar-refractivity contribution is 0.0380. The summed E-state index contributed by atoms with van der Waals surface area (Å²) in [7, 11) is 1.68. The molecule has 0 saturated carbocycles. The monoisotopic (exact) mass is 132 g/mol. The maximum atomic E-state index is 12.5. The number of rotatable bonds is 1. The zero-order chi connectivity index (χ0) is 6.85. The molecule has 0 aliphatic carbocycles. The van der Waals surface area contributed by atoms with E-state index >= 15 is 0 Å². The van der Waals surface area contributed by atoms with E-state index in [1.165, 1.54) is 0 Å². The van der Waals surface area contributed by atoms with E-state index in [-0.39, 0.29) is 18.7 Å². The molecule has 1 rings (SSSR count). The van der Waals surface area contributed by atoms with E-state index in [9.17, 15) is 4.39 Å². The third-order valence-corrected chi connectivity index (χ3v) is 1.61. The van der Waals surface area contributed by atoms with Gasteiger partial charge in [0.25, 0.3) is 0 Å². The van der Waals surface area contributed by atoms with Crippen LogP contribution in [0.25, 0.3) is 0 Å². The van der Waals surface area contributed by atoms with Crippen LogP contribution in [-0.2, 0) is 4.74 Å².